The Balaban J connectivity index is 1.84. The monoisotopic (exact) mass is 408 g/mol. The minimum Gasteiger partial charge on any atom is -0.497 e. The molecule has 0 saturated carbocycles. The van der Waals surface area contributed by atoms with Gasteiger partial charge in [0, 0.05) is 11.8 Å². The summed E-state index contributed by atoms with van der Waals surface area (Å²) in [5.74, 6) is 0.383. The van der Waals surface area contributed by atoms with Gasteiger partial charge in [-0.05, 0) is 48.4 Å². The smallest absolute Gasteiger partial charge is 0.338 e. The Labute approximate surface area is 177 Å². The van der Waals surface area contributed by atoms with Gasteiger partial charge < -0.3 is 14.2 Å². The number of benzene rings is 2. The first-order chi connectivity index (χ1) is 14.3. The van der Waals surface area contributed by atoms with Crippen LogP contribution < -0.4 is 4.74 Å². The van der Waals surface area contributed by atoms with Crippen LogP contribution >= 0.6 is 0 Å². The highest BCUT2D eigenvalue weighted by Crippen LogP contribution is 2.36. The molecule has 0 N–H and O–H groups in total. The fourth-order valence-corrected chi connectivity index (χ4v) is 3.56. The Morgan fingerprint density at radius 1 is 1.07 bits per heavy atom. The molecular weight excluding hydrogens is 380 g/mol. The predicted molar refractivity (Wildman–Crippen MR) is 114 cm³/mol. The molecule has 0 fully saturated rings. The fourth-order valence-electron chi connectivity index (χ4n) is 3.56. The minimum atomic E-state index is -0.607. The van der Waals surface area contributed by atoms with Gasteiger partial charge in [-0.1, -0.05) is 44.2 Å². The topological polar surface area (TPSA) is 61.8 Å². The summed E-state index contributed by atoms with van der Waals surface area (Å²) < 4.78 is 17.3. The second-order valence-corrected chi connectivity index (χ2v) is 8.25. The second kappa shape index (κ2) is 9.26. The van der Waals surface area contributed by atoms with Crippen LogP contribution in [-0.4, -0.2) is 31.1 Å². The lowest BCUT2D eigenvalue weighted by atomic mass is 9.80. The van der Waals surface area contributed by atoms with E-state index in [0.29, 0.717) is 17.7 Å². The van der Waals surface area contributed by atoms with Crippen LogP contribution in [0.15, 0.2) is 66.2 Å². The van der Waals surface area contributed by atoms with E-state index >= 15 is 0 Å². The van der Waals surface area contributed by atoms with E-state index in [4.69, 9.17) is 14.2 Å². The highest BCUT2D eigenvalue weighted by Gasteiger charge is 2.43. The number of esters is 1. The summed E-state index contributed by atoms with van der Waals surface area (Å²) >= 11 is 0. The third kappa shape index (κ3) is 5.16. The van der Waals surface area contributed by atoms with Crippen LogP contribution in [0.4, 0.5) is 0 Å². The van der Waals surface area contributed by atoms with Crippen LogP contribution in [0, 0.1) is 5.41 Å². The molecule has 0 bridgehead atoms. The van der Waals surface area contributed by atoms with Gasteiger partial charge in [0.2, 0.25) is 0 Å². The van der Waals surface area contributed by atoms with Crippen molar-refractivity contribution in [3.63, 3.8) is 0 Å². The van der Waals surface area contributed by atoms with Crippen molar-refractivity contribution < 1.29 is 23.8 Å². The van der Waals surface area contributed by atoms with E-state index in [9.17, 15) is 9.59 Å². The Morgan fingerprint density at radius 3 is 2.37 bits per heavy atom. The Morgan fingerprint density at radius 2 is 1.73 bits per heavy atom. The van der Waals surface area contributed by atoms with Crippen molar-refractivity contribution in [2.45, 2.75) is 46.0 Å². The molecule has 5 nitrogen and oxygen atoms in total. The second-order valence-electron chi connectivity index (χ2n) is 8.25. The van der Waals surface area contributed by atoms with Crippen molar-refractivity contribution in [2.75, 3.05) is 7.11 Å². The number of Topliss-reactive ketones (excluding diaryl/α,β-unsaturated/α-hetero) is 1. The van der Waals surface area contributed by atoms with Crippen LogP contribution in [0.1, 0.15) is 43.1 Å². The zero-order valence-electron chi connectivity index (χ0n) is 17.9. The average molecular weight is 408 g/mol. The molecule has 2 atom stereocenters. The normalized spacial score (nSPS) is 20.8. The van der Waals surface area contributed by atoms with Crippen molar-refractivity contribution in [1.29, 1.82) is 0 Å². The Kier molecular flexibility index (Phi) is 6.73. The zero-order valence-corrected chi connectivity index (χ0v) is 17.9. The highest BCUT2D eigenvalue weighted by atomic mass is 16.6. The van der Waals surface area contributed by atoms with E-state index in [0.717, 1.165) is 11.3 Å². The van der Waals surface area contributed by atoms with Crippen molar-refractivity contribution in [3.8, 4) is 5.75 Å². The van der Waals surface area contributed by atoms with Crippen LogP contribution in [0.5, 0.6) is 5.75 Å². The maximum atomic E-state index is 12.8. The summed E-state index contributed by atoms with van der Waals surface area (Å²) in [7, 11) is 1.62. The van der Waals surface area contributed by atoms with Crippen LogP contribution in [-0.2, 0) is 20.9 Å². The first-order valence-electron chi connectivity index (χ1n) is 10.0. The lowest BCUT2D eigenvalue weighted by Gasteiger charge is -2.35. The number of allylic oxidation sites excluding steroid dienone is 1. The van der Waals surface area contributed by atoms with Crippen LogP contribution in [0.25, 0.3) is 0 Å². The molecule has 1 aliphatic carbocycles. The quantitative estimate of drug-likeness (QED) is 0.646. The van der Waals surface area contributed by atoms with E-state index in [2.05, 4.69) is 0 Å². The maximum absolute atomic E-state index is 12.8. The number of rotatable bonds is 6. The van der Waals surface area contributed by atoms with E-state index in [1.165, 1.54) is 0 Å². The van der Waals surface area contributed by atoms with Crippen LogP contribution in [0.3, 0.4) is 0 Å². The molecule has 0 spiro atoms. The van der Waals surface area contributed by atoms with Gasteiger partial charge in [-0.3, -0.25) is 4.79 Å². The molecule has 158 valence electrons. The molecule has 0 heterocycles. The zero-order chi connectivity index (χ0) is 21.7. The SMILES string of the molecule is COc1ccc(COC2C=C(C)C(=O)CC(C)(C)C2OC(=O)c2ccccc2)cc1. The largest absolute Gasteiger partial charge is 0.497 e. The molecular formula is C25H28O5. The van der Waals surface area contributed by atoms with Gasteiger partial charge in [0.05, 0.1) is 19.3 Å². The fraction of sp³-hybridized carbons (Fsp3) is 0.360. The number of methoxy groups -OCH3 is 1. The van der Waals surface area contributed by atoms with E-state index in [1.807, 2.05) is 44.2 Å². The van der Waals surface area contributed by atoms with Gasteiger partial charge in [0.25, 0.3) is 0 Å². The molecule has 0 aliphatic heterocycles. The maximum Gasteiger partial charge on any atom is 0.338 e. The summed E-state index contributed by atoms with van der Waals surface area (Å²) in [6.07, 6.45) is 0.916. The molecule has 0 saturated heterocycles. The lowest BCUT2D eigenvalue weighted by molar-refractivity contribution is -0.121. The third-order valence-corrected chi connectivity index (χ3v) is 5.38. The number of ketones is 1. The summed E-state index contributed by atoms with van der Waals surface area (Å²) in [4.78, 5) is 25.3. The lowest BCUT2D eigenvalue weighted by Crippen LogP contribution is -2.43. The molecule has 2 unspecified atom stereocenters. The van der Waals surface area contributed by atoms with Gasteiger partial charge in [-0.2, -0.15) is 0 Å². The molecule has 3 rings (SSSR count). The Hall–Kier alpha value is -2.92. The Bertz CT molecular complexity index is 912. The number of carbonyl (C=O) groups excluding carboxylic acids is 2. The summed E-state index contributed by atoms with van der Waals surface area (Å²) in [5, 5.41) is 0. The van der Waals surface area contributed by atoms with Crippen molar-refractivity contribution in [2.24, 2.45) is 5.41 Å². The van der Waals surface area contributed by atoms with Crippen molar-refractivity contribution in [1.82, 2.24) is 0 Å². The molecule has 0 aromatic heterocycles. The summed E-state index contributed by atoms with van der Waals surface area (Å²) in [6.45, 7) is 5.97. The van der Waals surface area contributed by atoms with Crippen LogP contribution in [0.2, 0.25) is 0 Å². The van der Waals surface area contributed by atoms with Crippen molar-refractivity contribution in [3.05, 3.63) is 77.4 Å². The number of hydrogen-bond acceptors (Lipinski definition) is 5. The molecule has 1 aliphatic rings. The molecule has 0 amide bonds. The standard InChI is InChI=1S/C25H28O5/c1-17-14-22(29-16-18-10-12-20(28-4)13-11-18)23(25(2,3)15-21(17)26)30-24(27)19-8-6-5-7-9-19/h5-14,22-23H,15-16H2,1-4H3. The van der Waals surface area contributed by atoms with E-state index in [1.54, 1.807) is 44.4 Å². The predicted octanol–water partition coefficient (Wildman–Crippen LogP) is 4.75. The number of ether oxygens (including phenoxy) is 3. The third-order valence-electron chi connectivity index (χ3n) is 5.38. The van der Waals surface area contributed by atoms with Gasteiger partial charge in [0.1, 0.15) is 18.0 Å². The molecule has 30 heavy (non-hydrogen) atoms. The van der Waals surface area contributed by atoms with Crippen molar-refractivity contribution >= 4 is 11.8 Å². The van der Waals surface area contributed by atoms with Gasteiger partial charge in [0.15, 0.2) is 5.78 Å². The van der Waals surface area contributed by atoms with Gasteiger partial charge in [-0.25, -0.2) is 4.79 Å². The van der Waals surface area contributed by atoms with E-state index < -0.39 is 23.6 Å². The molecule has 5 heteroatoms. The number of carbonyl (C=O) groups is 2. The highest BCUT2D eigenvalue weighted by molar-refractivity contribution is 5.96. The molecule has 2 aromatic carbocycles. The van der Waals surface area contributed by atoms with Gasteiger partial charge >= 0.3 is 5.97 Å². The minimum absolute atomic E-state index is 0.0382. The summed E-state index contributed by atoms with van der Waals surface area (Å²) in [6, 6.07) is 16.4. The summed E-state index contributed by atoms with van der Waals surface area (Å²) in [5.41, 5.74) is 1.48. The van der Waals surface area contributed by atoms with Gasteiger partial charge in [-0.15, -0.1) is 0 Å². The van der Waals surface area contributed by atoms with E-state index in [-0.39, 0.29) is 12.2 Å². The first-order valence-corrected chi connectivity index (χ1v) is 10.0. The number of hydrogen-bond donors (Lipinski definition) is 0. The average Bonchev–Trinajstić information content (AvgIpc) is 2.82. The first kappa shape index (κ1) is 21.8. The molecule has 0 radical (unpaired) electrons. The molecule has 2 aromatic rings.